The van der Waals surface area contributed by atoms with E-state index in [4.69, 9.17) is 16.0 Å². The molecule has 6 nitrogen and oxygen atoms in total. The average Bonchev–Trinajstić information content (AvgIpc) is 3.05. The lowest BCUT2D eigenvalue weighted by atomic mass is 10.2. The zero-order valence-corrected chi connectivity index (χ0v) is 12.8. The van der Waals surface area contributed by atoms with E-state index in [2.05, 4.69) is 20.5 Å². The fraction of sp³-hybridized carbons (Fsp3) is 0.125. The predicted molar refractivity (Wildman–Crippen MR) is 85.9 cm³/mol. The molecule has 0 unspecified atom stereocenters. The number of hydrogen-bond donors (Lipinski definition) is 1. The minimum atomic E-state index is -0.129. The van der Waals surface area contributed by atoms with E-state index in [-0.39, 0.29) is 12.3 Å². The third-order valence-corrected chi connectivity index (χ3v) is 3.34. The van der Waals surface area contributed by atoms with Gasteiger partial charge in [-0.15, -0.1) is 10.2 Å². The van der Waals surface area contributed by atoms with Crippen molar-refractivity contribution in [2.45, 2.75) is 12.8 Å². The van der Waals surface area contributed by atoms with Gasteiger partial charge in [0.2, 0.25) is 17.7 Å². The van der Waals surface area contributed by atoms with Crippen LogP contribution in [0.2, 0.25) is 5.02 Å². The van der Waals surface area contributed by atoms with Crippen molar-refractivity contribution in [2.24, 2.45) is 0 Å². The molecule has 23 heavy (non-hydrogen) atoms. The fourth-order valence-electron chi connectivity index (χ4n) is 1.94. The molecule has 1 amide bonds. The molecular formula is C16H13ClN4O2. The Morgan fingerprint density at radius 3 is 2.57 bits per heavy atom. The lowest BCUT2D eigenvalue weighted by molar-refractivity contribution is -0.116. The van der Waals surface area contributed by atoms with Gasteiger partial charge in [-0.1, -0.05) is 11.6 Å². The molecule has 0 fully saturated rings. The number of carbonyl (C=O) groups is 1. The van der Waals surface area contributed by atoms with Gasteiger partial charge in [0, 0.05) is 41.5 Å². The van der Waals surface area contributed by atoms with Gasteiger partial charge in [0.1, 0.15) is 0 Å². The van der Waals surface area contributed by atoms with E-state index in [1.54, 1.807) is 48.8 Å². The van der Waals surface area contributed by atoms with Crippen molar-refractivity contribution in [3.8, 4) is 11.5 Å². The quantitative estimate of drug-likeness (QED) is 0.776. The Hall–Kier alpha value is -2.73. The second kappa shape index (κ2) is 7.02. The van der Waals surface area contributed by atoms with Gasteiger partial charge < -0.3 is 9.73 Å². The van der Waals surface area contributed by atoms with Gasteiger partial charge in [-0.3, -0.25) is 9.78 Å². The highest BCUT2D eigenvalue weighted by molar-refractivity contribution is 6.30. The highest BCUT2D eigenvalue weighted by Gasteiger charge is 2.10. The lowest BCUT2D eigenvalue weighted by Gasteiger charge is -2.03. The second-order valence-corrected chi connectivity index (χ2v) is 5.23. The van der Waals surface area contributed by atoms with Crippen molar-refractivity contribution in [1.82, 2.24) is 15.2 Å². The van der Waals surface area contributed by atoms with Gasteiger partial charge >= 0.3 is 0 Å². The fourth-order valence-corrected chi connectivity index (χ4v) is 2.07. The normalized spacial score (nSPS) is 10.5. The highest BCUT2D eigenvalue weighted by atomic mass is 35.5. The molecule has 0 atom stereocenters. The molecule has 3 aromatic rings. The van der Waals surface area contributed by atoms with Crippen LogP contribution in [0.4, 0.5) is 5.69 Å². The van der Waals surface area contributed by atoms with Crippen LogP contribution >= 0.6 is 11.6 Å². The van der Waals surface area contributed by atoms with E-state index in [0.717, 1.165) is 5.56 Å². The third-order valence-electron chi connectivity index (χ3n) is 3.09. The summed E-state index contributed by atoms with van der Waals surface area (Å²) >= 11 is 5.80. The van der Waals surface area contributed by atoms with Crippen molar-refractivity contribution < 1.29 is 9.21 Å². The lowest BCUT2D eigenvalue weighted by Crippen LogP contribution is -2.12. The highest BCUT2D eigenvalue weighted by Crippen LogP contribution is 2.17. The maximum atomic E-state index is 11.9. The molecule has 0 aliphatic rings. The van der Waals surface area contributed by atoms with Crippen molar-refractivity contribution in [3.63, 3.8) is 0 Å². The molecule has 0 aliphatic carbocycles. The minimum Gasteiger partial charge on any atom is -0.421 e. The number of benzene rings is 1. The Morgan fingerprint density at radius 1 is 1.09 bits per heavy atom. The Morgan fingerprint density at radius 2 is 1.83 bits per heavy atom. The maximum absolute atomic E-state index is 11.9. The first-order chi connectivity index (χ1) is 11.2. The van der Waals surface area contributed by atoms with E-state index in [9.17, 15) is 4.79 Å². The zero-order chi connectivity index (χ0) is 16.1. The van der Waals surface area contributed by atoms with Crippen LogP contribution in [-0.2, 0) is 11.2 Å². The first-order valence-corrected chi connectivity index (χ1v) is 7.37. The van der Waals surface area contributed by atoms with Gasteiger partial charge in [0.25, 0.3) is 0 Å². The predicted octanol–water partition coefficient (Wildman–Crippen LogP) is 3.36. The summed E-state index contributed by atoms with van der Waals surface area (Å²) in [6.07, 6.45) is 3.93. The molecule has 0 bridgehead atoms. The number of nitrogens with one attached hydrogen (secondary N) is 1. The van der Waals surface area contributed by atoms with Crippen LogP contribution in [0.1, 0.15) is 12.3 Å². The maximum Gasteiger partial charge on any atom is 0.247 e. The number of aryl methyl sites for hydroxylation is 1. The Bertz CT molecular complexity index is 787. The number of amides is 1. The van der Waals surface area contributed by atoms with Crippen molar-refractivity contribution >= 4 is 23.2 Å². The molecule has 0 saturated heterocycles. The molecule has 0 saturated carbocycles. The summed E-state index contributed by atoms with van der Waals surface area (Å²) in [5, 5.41) is 11.3. The molecule has 2 aromatic heterocycles. The largest absolute Gasteiger partial charge is 0.421 e. The molecular weight excluding hydrogens is 316 g/mol. The Balaban J connectivity index is 1.55. The molecule has 2 heterocycles. The molecule has 3 rings (SSSR count). The van der Waals surface area contributed by atoms with Crippen LogP contribution in [0.15, 0.2) is 53.2 Å². The van der Waals surface area contributed by atoms with Gasteiger partial charge in [0.15, 0.2) is 0 Å². The van der Waals surface area contributed by atoms with Crippen LogP contribution in [-0.4, -0.2) is 21.1 Å². The van der Waals surface area contributed by atoms with Gasteiger partial charge in [0.05, 0.1) is 0 Å². The SMILES string of the molecule is O=C(CCc1nnc(-c2ccncc2)o1)Nc1ccc(Cl)cc1. The number of rotatable bonds is 5. The number of hydrogen-bond acceptors (Lipinski definition) is 5. The van der Waals surface area contributed by atoms with E-state index < -0.39 is 0 Å². The number of nitrogens with zero attached hydrogens (tertiary/aromatic N) is 3. The molecule has 1 N–H and O–H groups in total. The van der Waals surface area contributed by atoms with E-state index >= 15 is 0 Å². The van der Waals surface area contributed by atoms with Crippen LogP contribution < -0.4 is 5.32 Å². The van der Waals surface area contributed by atoms with Crippen molar-refractivity contribution in [2.75, 3.05) is 5.32 Å². The van der Waals surface area contributed by atoms with Gasteiger partial charge in [-0.25, -0.2) is 0 Å². The number of aromatic nitrogens is 3. The standard InChI is InChI=1S/C16H13ClN4O2/c17-12-1-3-13(4-2-12)19-14(22)5-6-15-20-21-16(23-15)11-7-9-18-10-8-11/h1-4,7-10H,5-6H2,(H,19,22). The summed E-state index contributed by atoms with van der Waals surface area (Å²) in [7, 11) is 0. The topological polar surface area (TPSA) is 80.9 Å². The first-order valence-electron chi connectivity index (χ1n) is 6.99. The smallest absolute Gasteiger partial charge is 0.247 e. The molecule has 1 aromatic carbocycles. The second-order valence-electron chi connectivity index (χ2n) is 4.79. The van der Waals surface area contributed by atoms with Crippen molar-refractivity contribution in [1.29, 1.82) is 0 Å². The van der Waals surface area contributed by atoms with Gasteiger partial charge in [-0.2, -0.15) is 0 Å². The van der Waals surface area contributed by atoms with E-state index in [1.807, 2.05) is 0 Å². The first kappa shape index (κ1) is 15.2. The van der Waals surface area contributed by atoms with Crippen LogP contribution in [0.3, 0.4) is 0 Å². The van der Waals surface area contributed by atoms with Crippen LogP contribution in [0.25, 0.3) is 11.5 Å². The number of anilines is 1. The van der Waals surface area contributed by atoms with Crippen molar-refractivity contribution in [3.05, 3.63) is 59.7 Å². The van der Waals surface area contributed by atoms with E-state index in [0.29, 0.717) is 28.9 Å². The minimum absolute atomic E-state index is 0.129. The Labute approximate surface area is 137 Å². The molecule has 7 heteroatoms. The molecule has 116 valence electrons. The van der Waals surface area contributed by atoms with Gasteiger partial charge in [-0.05, 0) is 36.4 Å². The summed E-state index contributed by atoms with van der Waals surface area (Å²) in [4.78, 5) is 15.8. The van der Waals surface area contributed by atoms with Crippen LogP contribution in [0.5, 0.6) is 0 Å². The molecule has 0 radical (unpaired) electrons. The van der Waals surface area contributed by atoms with E-state index in [1.165, 1.54) is 0 Å². The average molecular weight is 329 g/mol. The monoisotopic (exact) mass is 328 g/mol. The summed E-state index contributed by atoms with van der Waals surface area (Å²) in [5.41, 5.74) is 1.49. The Kier molecular flexibility index (Phi) is 4.63. The summed E-state index contributed by atoms with van der Waals surface area (Å²) in [6, 6.07) is 10.5. The number of halogens is 1. The molecule has 0 spiro atoms. The summed E-state index contributed by atoms with van der Waals surface area (Å²) in [5.74, 6) is 0.708. The third kappa shape index (κ3) is 4.14. The zero-order valence-electron chi connectivity index (χ0n) is 12.1. The molecule has 0 aliphatic heterocycles. The number of pyridine rings is 1. The summed E-state index contributed by atoms with van der Waals surface area (Å²) < 4.78 is 5.54. The van der Waals surface area contributed by atoms with Crippen LogP contribution in [0, 0.1) is 0 Å². The number of carbonyl (C=O) groups excluding carboxylic acids is 1. The summed E-state index contributed by atoms with van der Waals surface area (Å²) in [6.45, 7) is 0.